The number of para-hydroxylation sites is 2. The Hall–Kier alpha value is -3.40. The molecular weight excluding hydrogens is 421 g/mol. The lowest BCUT2D eigenvalue weighted by molar-refractivity contribution is -0.116. The van der Waals surface area contributed by atoms with Crippen molar-refractivity contribution >= 4 is 35.0 Å². The smallest absolute Gasteiger partial charge is 0.234 e. The maximum Gasteiger partial charge on any atom is 0.234 e. The Kier molecular flexibility index (Phi) is 7.60. The molecule has 1 heterocycles. The molecule has 31 heavy (non-hydrogen) atoms. The number of aromatic nitrogens is 3. The second kappa shape index (κ2) is 10.6. The van der Waals surface area contributed by atoms with Crippen LogP contribution < -0.4 is 15.4 Å². The van der Waals surface area contributed by atoms with E-state index in [1.54, 1.807) is 22.8 Å². The van der Waals surface area contributed by atoms with Crippen LogP contribution in [0, 0.1) is 5.82 Å². The van der Waals surface area contributed by atoms with Crippen molar-refractivity contribution in [3.63, 3.8) is 0 Å². The molecule has 0 unspecified atom stereocenters. The first-order valence-electron chi connectivity index (χ1n) is 9.53. The van der Waals surface area contributed by atoms with Gasteiger partial charge in [-0.3, -0.25) is 9.59 Å². The first kappa shape index (κ1) is 22.3. The van der Waals surface area contributed by atoms with Gasteiger partial charge >= 0.3 is 0 Å². The van der Waals surface area contributed by atoms with Gasteiger partial charge in [0.25, 0.3) is 0 Å². The van der Waals surface area contributed by atoms with Crippen LogP contribution in [0.5, 0.6) is 5.75 Å². The summed E-state index contributed by atoms with van der Waals surface area (Å²) in [6.07, 6.45) is 0.0290. The van der Waals surface area contributed by atoms with Crippen molar-refractivity contribution in [2.45, 2.75) is 25.0 Å². The van der Waals surface area contributed by atoms with Crippen LogP contribution in [-0.2, 0) is 22.6 Å². The van der Waals surface area contributed by atoms with Gasteiger partial charge in [0.05, 0.1) is 25.0 Å². The first-order chi connectivity index (χ1) is 15.0. The highest BCUT2D eigenvalue weighted by molar-refractivity contribution is 7.99. The van der Waals surface area contributed by atoms with Gasteiger partial charge in [-0.05, 0) is 43.3 Å². The highest BCUT2D eigenvalue weighted by Crippen LogP contribution is 2.23. The Balaban J connectivity index is 1.59. The number of carbonyl (C=O) groups is 2. The molecule has 2 N–H and O–H groups in total. The molecule has 3 aromatic rings. The van der Waals surface area contributed by atoms with E-state index in [0.29, 0.717) is 34.6 Å². The number of rotatable bonds is 9. The van der Waals surface area contributed by atoms with Crippen molar-refractivity contribution in [1.29, 1.82) is 0 Å². The normalized spacial score (nSPS) is 10.5. The van der Waals surface area contributed by atoms with Crippen LogP contribution in [0.25, 0.3) is 0 Å². The number of ether oxygens (including phenoxy) is 1. The van der Waals surface area contributed by atoms with Crippen molar-refractivity contribution < 1.29 is 18.7 Å². The first-order valence-corrected chi connectivity index (χ1v) is 10.5. The zero-order valence-corrected chi connectivity index (χ0v) is 17.9. The fourth-order valence-corrected chi connectivity index (χ4v) is 3.64. The van der Waals surface area contributed by atoms with Crippen LogP contribution in [0.1, 0.15) is 12.7 Å². The predicted molar refractivity (Wildman–Crippen MR) is 117 cm³/mol. The molecule has 162 valence electrons. The van der Waals surface area contributed by atoms with Gasteiger partial charge in [0.1, 0.15) is 17.4 Å². The molecular formula is C21H22FN5O3S. The number of carbonyl (C=O) groups excluding carboxylic acids is 2. The predicted octanol–water partition coefficient (Wildman–Crippen LogP) is 3.36. The summed E-state index contributed by atoms with van der Waals surface area (Å²) in [4.78, 5) is 24.6. The number of hydrogen-bond donors (Lipinski definition) is 2. The second-order valence-electron chi connectivity index (χ2n) is 6.41. The minimum Gasteiger partial charge on any atom is -0.495 e. The SMILES string of the molecule is CCn1c(CC(=O)Nc2ccccc2OC)nnc1SCC(=O)Nc1ccc(F)cc1. The third kappa shape index (κ3) is 6.05. The van der Waals surface area contributed by atoms with Gasteiger partial charge in [-0.25, -0.2) is 4.39 Å². The Morgan fingerprint density at radius 1 is 1.06 bits per heavy atom. The lowest BCUT2D eigenvalue weighted by Gasteiger charge is -2.10. The minimum atomic E-state index is -0.370. The van der Waals surface area contributed by atoms with E-state index < -0.39 is 0 Å². The maximum absolute atomic E-state index is 13.0. The number of nitrogens with zero attached hydrogens (tertiary/aromatic N) is 3. The number of amides is 2. The molecule has 0 fully saturated rings. The number of methoxy groups -OCH3 is 1. The molecule has 0 atom stereocenters. The fraction of sp³-hybridized carbons (Fsp3) is 0.238. The van der Waals surface area contributed by atoms with Gasteiger partial charge < -0.3 is 19.9 Å². The zero-order chi connectivity index (χ0) is 22.2. The standard InChI is InChI=1S/C21H22FN5O3S/c1-3-27-18(12-19(28)24-16-6-4-5-7-17(16)30-2)25-26-21(27)31-13-20(29)23-15-10-8-14(22)9-11-15/h4-11H,3,12-13H2,1-2H3,(H,23,29)(H,24,28). The Labute approximate surface area is 183 Å². The Morgan fingerprint density at radius 2 is 1.81 bits per heavy atom. The van der Waals surface area contributed by atoms with E-state index in [1.165, 1.54) is 43.1 Å². The molecule has 0 aliphatic carbocycles. The number of anilines is 2. The van der Waals surface area contributed by atoms with E-state index in [4.69, 9.17) is 4.74 Å². The van der Waals surface area contributed by atoms with E-state index in [1.807, 2.05) is 13.0 Å². The van der Waals surface area contributed by atoms with Crippen molar-refractivity contribution in [2.24, 2.45) is 0 Å². The molecule has 0 spiro atoms. The number of thioether (sulfide) groups is 1. The zero-order valence-electron chi connectivity index (χ0n) is 17.1. The average Bonchev–Trinajstić information content (AvgIpc) is 3.15. The van der Waals surface area contributed by atoms with Crippen LogP contribution >= 0.6 is 11.8 Å². The third-order valence-electron chi connectivity index (χ3n) is 4.27. The monoisotopic (exact) mass is 443 g/mol. The third-order valence-corrected chi connectivity index (χ3v) is 5.24. The molecule has 3 rings (SSSR count). The van der Waals surface area contributed by atoms with E-state index in [9.17, 15) is 14.0 Å². The summed E-state index contributed by atoms with van der Waals surface area (Å²) >= 11 is 1.21. The maximum atomic E-state index is 13.0. The molecule has 2 aromatic carbocycles. The molecule has 1 aromatic heterocycles. The van der Waals surface area contributed by atoms with Crippen molar-refractivity contribution in [2.75, 3.05) is 23.5 Å². The summed E-state index contributed by atoms with van der Waals surface area (Å²) < 4.78 is 20.0. The van der Waals surface area contributed by atoms with E-state index in [0.717, 1.165) is 0 Å². The van der Waals surface area contributed by atoms with Crippen LogP contribution in [0.3, 0.4) is 0 Å². The average molecular weight is 444 g/mol. The highest BCUT2D eigenvalue weighted by atomic mass is 32.2. The minimum absolute atomic E-state index is 0.0290. The summed E-state index contributed by atoms with van der Waals surface area (Å²) in [5.41, 5.74) is 1.09. The largest absolute Gasteiger partial charge is 0.495 e. The van der Waals surface area contributed by atoms with Gasteiger partial charge in [-0.15, -0.1) is 10.2 Å². The molecule has 0 aliphatic heterocycles. The molecule has 0 radical (unpaired) electrons. The molecule has 0 saturated carbocycles. The fourth-order valence-electron chi connectivity index (χ4n) is 2.82. The lowest BCUT2D eigenvalue weighted by atomic mass is 10.2. The van der Waals surface area contributed by atoms with E-state index >= 15 is 0 Å². The highest BCUT2D eigenvalue weighted by Gasteiger charge is 2.17. The van der Waals surface area contributed by atoms with Crippen LogP contribution in [0.15, 0.2) is 53.7 Å². The van der Waals surface area contributed by atoms with Crippen LogP contribution in [0.2, 0.25) is 0 Å². The molecule has 0 saturated heterocycles. The van der Waals surface area contributed by atoms with Gasteiger partial charge in [-0.2, -0.15) is 0 Å². The number of nitrogens with one attached hydrogen (secondary N) is 2. The van der Waals surface area contributed by atoms with Gasteiger partial charge in [0.15, 0.2) is 5.16 Å². The molecule has 8 nitrogen and oxygen atoms in total. The van der Waals surface area contributed by atoms with Crippen LogP contribution in [-0.4, -0.2) is 39.4 Å². The molecule has 10 heteroatoms. The van der Waals surface area contributed by atoms with Crippen molar-refractivity contribution in [3.8, 4) is 5.75 Å². The Morgan fingerprint density at radius 3 is 2.52 bits per heavy atom. The lowest BCUT2D eigenvalue weighted by Crippen LogP contribution is -2.18. The van der Waals surface area contributed by atoms with E-state index in [-0.39, 0.29) is 29.8 Å². The molecule has 2 amide bonds. The Bertz CT molecular complexity index is 1060. The number of benzene rings is 2. The van der Waals surface area contributed by atoms with Gasteiger partial charge in [-0.1, -0.05) is 23.9 Å². The van der Waals surface area contributed by atoms with Crippen molar-refractivity contribution in [1.82, 2.24) is 14.8 Å². The number of halogens is 1. The number of hydrogen-bond acceptors (Lipinski definition) is 6. The van der Waals surface area contributed by atoms with Crippen LogP contribution in [0.4, 0.5) is 15.8 Å². The summed E-state index contributed by atoms with van der Waals surface area (Å²) in [5.74, 6) is 0.288. The van der Waals surface area contributed by atoms with E-state index in [2.05, 4.69) is 20.8 Å². The summed E-state index contributed by atoms with van der Waals surface area (Å²) in [5, 5.41) is 14.3. The molecule has 0 aliphatic rings. The summed E-state index contributed by atoms with van der Waals surface area (Å²) in [6, 6.07) is 12.7. The van der Waals surface area contributed by atoms with Gasteiger partial charge in [0.2, 0.25) is 11.8 Å². The summed E-state index contributed by atoms with van der Waals surface area (Å²) in [7, 11) is 1.54. The summed E-state index contributed by atoms with van der Waals surface area (Å²) in [6.45, 7) is 2.46. The second-order valence-corrected chi connectivity index (χ2v) is 7.35. The topological polar surface area (TPSA) is 98.1 Å². The molecule has 0 bridgehead atoms. The quantitative estimate of drug-likeness (QED) is 0.492. The van der Waals surface area contributed by atoms with Crippen molar-refractivity contribution in [3.05, 3.63) is 60.2 Å². The van der Waals surface area contributed by atoms with Gasteiger partial charge in [0, 0.05) is 12.2 Å².